The number of nitrogens with zero attached hydrogens (tertiary/aromatic N) is 3. The SMILES string of the molecule is CCC(=NNC(=O)c1ccncc1)c1c(O)n(-c2ccc(Cl)cc2)c(=O)[nH]c1=O. The van der Waals surface area contributed by atoms with Crippen LogP contribution < -0.4 is 16.7 Å². The van der Waals surface area contributed by atoms with Crippen molar-refractivity contribution in [1.82, 2.24) is 20.0 Å². The molecule has 0 radical (unpaired) electrons. The molecule has 0 spiro atoms. The fraction of sp³-hybridized carbons (Fsp3) is 0.105. The minimum Gasteiger partial charge on any atom is -0.493 e. The zero-order valence-corrected chi connectivity index (χ0v) is 16.0. The number of halogens is 1. The normalized spacial score (nSPS) is 11.3. The van der Waals surface area contributed by atoms with Gasteiger partial charge < -0.3 is 5.11 Å². The highest BCUT2D eigenvalue weighted by atomic mass is 35.5. The van der Waals surface area contributed by atoms with Crippen molar-refractivity contribution in [2.75, 3.05) is 0 Å². The summed E-state index contributed by atoms with van der Waals surface area (Å²) in [7, 11) is 0. The van der Waals surface area contributed by atoms with Gasteiger partial charge in [-0.25, -0.2) is 14.8 Å². The summed E-state index contributed by atoms with van der Waals surface area (Å²) in [6.07, 6.45) is 3.11. The van der Waals surface area contributed by atoms with E-state index in [1.165, 1.54) is 48.8 Å². The average Bonchev–Trinajstić information content (AvgIpc) is 2.72. The number of rotatable bonds is 5. The van der Waals surface area contributed by atoms with E-state index >= 15 is 0 Å². The molecule has 0 saturated heterocycles. The van der Waals surface area contributed by atoms with Crippen LogP contribution in [0.1, 0.15) is 29.3 Å². The van der Waals surface area contributed by atoms with E-state index in [2.05, 4.69) is 20.5 Å². The molecule has 1 aromatic carbocycles. The summed E-state index contributed by atoms with van der Waals surface area (Å²) >= 11 is 5.86. The van der Waals surface area contributed by atoms with E-state index in [1.807, 2.05) is 0 Å². The summed E-state index contributed by atoms with van der Waals surface area (Å²) < 4.78 is 0.920. The lowest BCUT2D eigenvalue weighted by molar-refractivity contribution is 0.0954. The van der Waals surface area contributed by atoms with Crippen LogP contribution in [-0.4, -0.2) is 31.3 Å². The molecule has 3 aromatic rings. The summed E-state index contributed by atoms with van der Waals surface area (Å²) in [5.41, 5.74) is 1.18. The standard InChI is InChI=1S/C19H16ClN5O4/c1-2-14(23-24-16(26)11-7-9-21-10-8-11)15-17(27)22-19(29)25(18(15)28)13-5-3-12(20)4-6-13/h3-10,28H,2H2,1H3,(H,24,26)(H,22,27,29). The first-order valence-corrected chi connectivity index (χ1v) is 8.91. The first-order valence-electron chi connectivity index (χ1n) is 8.54. The van der Waals surface area contributed by atoms with Gasteiger partial charge in [-0.2, -0.15) is 5.10 Å². The Kier molecular flexibility index (Phi) is 5.89. The molecule has 3 N–H and O–H groups in total. The molecular formula is C19H16ClN5O4. The summed E-state index contributed by atoms with van der Waals surface area (Å²) in [4.78, 5) is 42.8. The van der Waals surface area contributed by atoms with Gasteiger partial charge in [0.2, 0.25) is 5.88 Å². The zero-order chi connectivity index (χ0) is 21.0. The van der Waals surface area contributed by atoms with Gasteiger partial charge in [-0.3, -0.25) is 19.6 Å². The van der Waals surface area contributed by atoms with Crippen molar-refractivity contribution < 1.29 is 9.90 Å². The predicted molar refractivity (Wildman–Crippen MR) is 108 cm³/mol. The Labute approximate surface area is 169 Å². The fourth-order valence-corrected chi connectivity index (χ4v) is 2.74. The van der Waals surface area contributed by atoms with Gasteiger partial charge in [-0.1, -0.05) is 18.5 Å². The number of carbonyl (C=O) groups excluding carboxylic acids is 1. The Morgan fingerprint density at radius 1 is 1.21 bits per heavy atom. The molecule has 9 nitrogen and oxygen atoms in total. The minimum atomic E-state index is -0.824. The van der Waals surface area contributed by atoms with Crippen molar-refractivity contribution in [2.45, 2.75) is 13.3 Å². The van der Waals surface area contributed by atoms with Gasteiger partial charge in [-0.05, 0) is 42.8 Å². The maximum absolute atomic E-state index is 12.4. The number of carbonyl (C=O) groups is 1. The second-order valence-electron chi connectivity index (χ2n) is 5.86. The number of aromatic nitrogens is 3. The third-order valence-corrected chi connectivity index (χ3v) is 4.28. The zero-order valence-electron chi connectivity index (χ0n) is 15.2. The number of aromatic hydroxyl groups is 1. The van der Waals surface area contributed by atoms with Crippen molar-refractivity contribution in [3.63, 3.8) is 0 Å². The first-order chi connectivity index (χ1) is 13.9. The number of aromatic amines is 1. The molecule has 1 amide bonds. The van der Waals surface area contributed by atoms with Crippen LogP contribution in [0.4, 0.5) is 0 Å². The smallest absolute Gasteiger partial charge is 0.335 e. The Morgan fingerprint density at radius 3 is 2.48 bits per heavy atom. The molecule has 0 aliphatic rings. The molecule has 0 aliphatic carbocycles. The van der Waals surface area contributed by atoms with E-state index in [4.69, 9.17) is 11.6 Å². The van der Waals surface area contributed by atoms with Crippen LogP contribution in [0.2, 0.25) is 5.02 Å². The van der Waals surface area contributed by atoms with Gasteiger partial charge in [0.05, 0.1) is 11.4 Å². The molecule has 0 saturated carbocycles. The highest BCUT2D eigenvalue weighted by molar-refractivity contribution is 6.30. The van der Waals surface area contributed by atoms with Crippen molar-refractivity contribution >= 4 is 23.2 Å². The lowest BCUT2D eigenvalue weighted by Gasteiger charge is -2.12. The molecule has 0 unspecified atom stereocenters. The van der Waals surface area contributed by atoms with E-state index in [0.717, 1.165) is 4.57 Å². The van der Waals surface area contributed by atoms with Gasteiger partial charge in [-0.15, -0.1) is 0 Å². The molecule has 148 valence electrons. The van der Waals surface area contributed by atoms with Gasteiger partial charge in [0.25, 0.3) is 11.5 Å². The molecular weight excluding hydrogens is 398 g/mol. The Hall–Kier alpha value is -3.72. The minimum absolute atomic E-state index is 0.0915. The van der Waals surface area contributed by atoms with Crippen LogP contribution in [0.25, 0.3) is 5.69 Å². The highest BCUT2D eigenvalue weighted by Gasteiger charge is 2.20. The topological polar surface area (TPSA) is 129 Å². The Bertz CT molecular complexity index is 1180. The largest absolute Gasteiger partial charge is 0.493 e. The van der Waals surface area contributed by atoms with E-state index in [1.54, 1.807) is 6.92 Å². The molecule has 0 atom stereocenters. The molecule has 0 bridgehead atoms. The van der Waals surface area contributed by atoms with E-state index in [-0.39, 0.29) is 17.7 Å². The van der Waals surface area contributed by atoms with Gasteiger partial charge in [0, 0.05) is 23.0 Å². The quantitative estimate of drug-likeness (QED) is 0.434. The number of hydrazone groups is 1. The van der Waals surface area contributed by atoms with Crippen molar-refractivity contribution in [2.24, 2.45) is 5.10 Å². The maximum atomic E-state index is 12.4. The van der Waals surface area contributed by atoms with E-state index in [9.17, 15) is 19.5 Å². The number of hydrogen-bond acceptors (Lipinski definition) is 6. The van der Waals surface area contributed by atoms with Crippen LogP contribution >= 0.6 is 11.6 Å². The monoisotopic (exact) mass is 413 g/mol. The van der Waals surface area contributed by atoms with Gasteiger partial charge in [0.1, 0.15) is 5.56 Å². The molecule has 0 aliphatic heterocycles. The van der Waals surface area contributed by atoms with Gasteiger partial charge in [0.15, 0.2) is 0 Å². The lowest BCUT2D eigenvalue weighted by Crippen LogP contribution is -2.34. The van der Waals surface area contributed by atoms with Crippen LogP contribution in [0.5, 0.6) is 5.88 Å². The van der Waals surface area contributed by atoms with Crippen LogP contribution in [0, 0.1) is 0 Å². The second kappa shape index (κ2) is 8.53. The van der Waals surface area contributed by atoms with Crippen LogP contribution in [0.3, 0.4) is 0 Å². The van der Waals surface area contributed by atoms with E-state index < -0.39 is 23.0 Å². The average molecular weight is 414 g/mol. The summed E-state index contributed by atoms with van der Waals surface area (Å²) in [6, 6.07) is 9.11. The highest BCUT2D eigenvalue weighted by Crippen LogP contribution is 2.19. The molecule has 29 heavy (non-hydrogen) atoms. The molecule has 2 aromatic heterocycles. The molecule has 0 fully saturated rings. The van der Waals surface area contributed by atoms with Crippen molar-refractivity contribution in [1.29, 1.82) is 0 Å². The second-order valence-corrected chi connectivity index (χ2v) is 6.30. The molecule has 2 heterocycles. The summed E-state index contributed by atoms with van der Waals surface area (Å²) in [5.74, 6) is -1.11. The number of benzene rings is 1. The van der Waals surface area contributed by atoms with Crippen LogP contribution in [0.15, 0.2) is 63.5 Å². The third-order valence-electron chi connectivity index (χ3n) is 4.03. The number of pyridine rings is 1. The maximum Gasteiger partial charge on any atom is 0.335 e. The van der Waals surface area contributed by atoms with E-state index in [0.29, 0.717) is 16.3 Å². The number of nitrogens with one attached hydrogen (secondary N) is 2. The summed E-state index contributed by atoms with van der Waals surface area (Å²) in [5, 5.41) is 15.1. The number of amides is 1. The first kappa shape index (κ1) is 20.0. The molecule has 10 heteroatoms. The Morgan fingerprint density at radius 2 is 1.86 bits per heavy atom. The van der Waals surface area contributed by atoms with Crippen molar-refractivity contribution in [3.05, 3.63) is 85.8 Å². The number of hydrogen-bond donors (Lipinski definition) is 3. The summed E-state index contributed by atoms with van der Waals surface area (Å²) in [6.45, 7) is 1.69. The van der Waals surface area contributed by atoms with Gasteiger partial charge >= 0.3 is 5.69 Å². The third kappa shape index (κ3) is 4.25. The predicted octanol–water partition coefficient (Wildman–Crippen LogP) is 1.82. The lowest BCUT2D eigenvalue weighted by atomic mass is 10.1. The number of H-pyrrole nitrogens is 1. The Balaban J connectivity index is 2.05. The van der Waals surface area contributed by atoms with Crippen LogP contribution in [-0.2, 0) is 0 Å². The molecule has 3 rings (SSSR count). The fourth-order valence-electron chi connectivity index (χ4n) is 2.61. The van der Waals surface area contributed by atoms with Crippen molar-refractivity contribution in [3.8, 4) is 11.6 Å².